The fourth-order valence-corrected chi connectivity index (χ4v) is 2.44. The molecule has 1 fully saturated rings. The third-order valence-corrected chi connectivity index (χ3v) is 4.13. The summed E-state index contributed by atoms with van der Waals surface area (Å²) >= 11 is 0. The number of aromatic nitrogens is 1. The van der Waals surface area contributed by atoms with Gasteiger partial charge < -0.3 is 20.1 Å². The lowest BCUT2D eigenvalue weighted by Crippen LogP contribution is -2.39. The molecule has 0 radical (unpaired) electrons. The summed E-state index contributed by atoms with van der Waals surface area (Å²) in [6, 6.07) is 13.7. The van der Waals surface area contributed by atoms with Crippen molar-refractivity contribution in [3.63, 3.8) is 0 Å². The Balaban J connectivity index is 0.00000280. The fourth-order valence-electron chi connectivity index (χ4n) is 2.44. The minimum Gasteiger partial charge on any atom is -0.492 e. The van der Waals surface area contributed by atoms with Crippen molar-refractivity contribution in [2.45, 2.75) is 26.3 Å². The van der Waals surface area contributed by atoms with E-state index in [1.54, 1.807) is 0 Å². The number of rotatable bonds is 10. The van der Waals surface area contributed by atoms with Crippen LogP contribution in [0, 0.1) is 5.92 Å². The van der Waals surface area contributed by atoms with Crippen molar-refractivity contribution in [3.8, 4) is 11.6 Å². The van der Waals surface area contributed by atoms with Crippen LogP contribution in [0.4, 0.5) is 0 Å². The molecule has 0 spiro atoms. The molecule has 1 aliphatic carbocycles. The molecule has 0 aliphatic heterocycles. The van der Waals surface area contributed by atoms with Crippen LogP contribution in [0.2, 0.25) is 0 Å². The van der Waals surface area contributed by atoms with Gasteiger partial charge in [-0.3, -0.25) is 0 Å². The predicted molar refractivity (Wildman–Crippen MR) is 123 cm³/mol. The molecule has 3 rings (SSSR count). The molecule has 2 N–H and O–H groups in total. The first-order chi connectivity index (χ1) is 13.3. The molecule has 152 valence electrons. The molecule has 1 aromatic heterocycles. The van der Waals surface area contributed by atoms with Crippen LogP contribution < -0.4 is 20.1 Å². The average molecular weight is 496 g/mol. The molecule has 2 aromatic rings. The molecule has 0 bridgehead atoms. The smallest absolute Gasteiger partial charge is 0.213 e. The maximum Gasteiger partial charge on any atom is 0.213 e. The first-order valence-corrected chi connectivity index (χ1v) is 9.61. The molecule has 1 heterocycles. The number of nitrogens with one attached hydrogen (secondary N) is 2. The molecule has 0 atom stereocenters. The van der Waals surface area contributed by atoms with E-state index in [0.29, 0.717) is 25.6 Å². The Bertz CT molecular complexity index is 706. The van der Waals surface area contributed by atoms with Crippen LogP contribution in [-0.2, 0) is 6.54 Å². The summed E-state index contributed by atoms with van der Waals surface area (Å²) in [6.07, 6.45) is 4.39. The fraction of sp³-hybridized carbons (Fsp3) is 0.429. The Morgan fingerprint density at radius 1 is 1.11 bits per heavy atom. The predicted octanol–water partition coefficient (Wildman–Crippen LogP) is 3.62. The second-order valence-corrected chi connectivity index (χ2v) is 6.54. The number of hydrogen-bond donors (Lipinski definition) is 2. The molecule has 1 aromatic carbocycles. The van der Waals surface area contributed by atoms with Gasteiger partial charge in [0.15, 0.2) is 5.96 Å². The maximum absolute atomic E-state index is 5.69. The Kier molecular flexibility index (Phi) is 9.88. The highest BCUT2D eigenvalue weighted by atomic mass is 127. The van der Waals surface area contributed by atoms with Crippen molar-refractivity contribution in [2.24, 2.45) is 10.9 Å². The number of ether oxygens (including phenoxy) is 2. The molecular weight excluding hydrogens is 467 g/mol. The van der Waals surface area contributed by atoms with Crippen LogP contribution in [-0.4, -0.2) is 37.2 Å². The van der Waals surface area contributed by atoms with E-state index in [0.717, 1.165) is 36.3 Å². The lowest BCUT2D eigenvalue weighted by atomic mass is 10.3. The van der Waals surface area contributed by atoms with Crippen LogP contribution in [0.25, 0.3) is 0 Å². The van der Waals surface area contributed by atoms with Gasteiger partial charge in [-0.2, -0.15) is 0 Å². The minimum atomic E-state index is 0. The lowest BCUT2D eigenvalue weighted by molar-refractivity contribution is 0.288. The minimum absolute atomic E-state index is 0. The molecule has 6 nitrogen and oxygen atoms in total. The maximum atomic E-state index is 5.69. The normalized spacial score (nSPS) is 13.4. The van der Waals surface area contributed by atoms with Crippen molar-refractivity contribution in [1.29, 1.82) is 0 Å². The van der Waals surface area contributed by atoms with E-state index in [4.69, 9.17) is 9.47 Å². The Morgan fingerprint density at radius 3 is 2.61 bits per heavy atom. The van der Waals surface area contributed by atoms with Crippen LogP contribution in [0.5, 0.6) is 11.6 Å². The number of guanidine groups is 1. The summed E-state index contributed by atoms with van der Waals surface area (Å²) in [4.78, 5) is 8.96. The van der Waals surface area contributed by atoms with Gasteiger partial charge in [0.05, 0.1) is 19.7 Å². The van der Waals surface area contributed by atoms with E-state index in [1.807, 2.05) is 55.6 Å². The van der Waals surface area contributed by atoms with E-state index in [9.17, 15) is 0 Å². The van der Waals surface area contributed by atoms with Crippen molar-refractivity contribution in [2.75, 3.05) is 26.3 Å². The molecule has 7 heteroatoms. The summed E-state index contributed by atoms with van der Waals surface area (Å²) < 4.78 is 11.4. The quantitative estimate of drug-likeness (QED) is 0.228. The summed E-state index contributed by atoms with van der Waals surface area (Å²) in [5, 5.41) is 6.52. The summed E-state index contributed by atoms with van der Waals surface area (Å²) in [5.74, 6) is 3.06. The molecule has 0 unspecified atom stereocenters. The van der Waals surface area contributed by atoms with Crippen molar-refractivity contribution in [3.05, 3.63) is 54.2 Å². The topological polar surface area (TPSA) is 67.8 Å². The van der Waals surface area contributed by atoms with Crippen molar-refractivity contribution < 1.29 is 9.47 Å². The van der Waals surface area contributed by atoms with E-state index in [-0.39, 0.29) is 24.0 Å². The van der Waals surface area contributed by atoms with Gasteiger partial charge in [-0.25, -0.2) is 9.98 Å². The molecule has 28 heavy (non-hydrogen) atoms. The van der Waals surface area contributed by atoms with E-state index >= 15 is 0 Å². The number of para-hydroxylation sites is 1. The molecule has 0 saturated heterocycles. The standard InChI is InChI=1S/C21H28N4O2.HI/c1-2-22-21(23-12-13-26-19-6-4-3-5-7-19)25-15-18-10-11-20(24-14-18)27-16-17-8-9-17;/h3-7,10-11,14,17H,2,8-9,12-13,15-16H2,1H3,(H2,22,23,25);1H. The van der Waals surface area contributed by atoms with Gasteiger partial charge in [0.25, 0.3) is 0 Å². The van der Waals surface area contributed by atoms with Gasteiger partial charge in [-0.05, 0) is 43.4 Å². The Hall–Kier alpha value is -2.03. The Labute approximate surface area is 184 Å². The SMILES string of the molecule is CCNC(=NCc1ccc(OCC2CC2)nc1)NCCOc1ccccc1.I. The van der Waals surface area contributed by atoms with Crippen LogP contribution in [0.3, 0.4) is 0 Å². The van der Waals surface area contributed by atoms with E-state index < -0.39 is 0 Å². The molecule has 0 amide bonds. The van der Waals surface area contributed by atoms with Gasteiger partial charge in [0, 0.05) is 18.8 Å². The summed E-state index contributed by atoms with van der Waals surface area (Å²) in [6.45, 7) is 5.44. The van der Waals surface area contributed by atoms with Gasteiger partial charge >= 0.3 is 0 Å². The number of halogens is 1. The van der Waals surface area contributed by atoms with E-state index in [1.165, 1.54) is 12.8 Å². The first-order valence-electron chi connectivity index (χ1n) is 9.61. The largest absolute Gasteiger partial charge is 0.492 e. The van der Waals surface area contributed by atoms with Gasteiger partial charge in [-0.15, -0.1) is 24.0 Å². The van der Waals surface area contributed by atoms with Crippen molar-refractivity contribution >= 4 is 29.9 Å². The zero-order valence-corrected chi connectivity index (χ0v) is 18.6. The number of aliphatic imine (C=N–C) groups is 1. The third kappa shape index (κ3) is 8.33. The van der Waals surface area contributed by atoms with Gasteiger partial charge in [0.1, 0.15) is 12.4 Å². The number of hydrogen-bond acceptors (Lipinski definition) is 4. The highest BCUT2D eigenvalue weighted by molar-refractivity contribution is 14.0. The van der Waals surface area contributed by atoms with Gasteiger partial charge in [0.2, 0.25) is 5.88 Å². The zero-order chi connectivity index (χ0) is 18.7. The van der Waals surface area contributed by atoms with E-state index in [2.05, 4.69) is 20.6 Å². The third-order valence-electron chi connectivity index (χ3n) is 4.13. The summed E-state index contributed by atoms with van der Waals surface area (Å²) in [7, 11) is 0. The molecule has 1 saturated carbocycles. The Morgan fingerprint density at radius 2 is 1.93 bits per heavy atom. The molecular formula is C21H29IN4O2. The monoisotopic (exact) mass is 496 g/mol. The molecule has 1 aliphatic rings. The lowest BCUT2D eigenvalue weighted by Gasteiger charge is -2.12. The average Bonchev–Trinajstić information content (AvgIpc) is 3.54. The highest BCUT2D eigenvalue weighted by Crippen LogP contribution is 2.29. The van der Waals surface area contributed by atoms with Crippen LogP contribution in [0.1, 0.15) is 25.3 Å². The van der Waals surface area contributed by atoms with Gasteiger partial charge in [-0.1, -0.05) is 24.3 Å². The first kappa shape index (κ1) is 22.3. The summed E-state index contributed by atoms with van der Waals surface area (Å²) in [5.41, 5.74) is 1.05. The second kappa shape index (κ2) is 12.4. The number of nitrogens with zero attached hydrogens (tertiary/aromatic N) is 2. The second-order valence-electron chi connectivity index (χ2n) is 6.54. The zero-order valence-electron chi connectivity index (χ0n) is 16.3. The number of pyridine rings is 1. The van der Waals surface area contributed by atoms with Crippen molar-refractivity contribution in [1.82, 2.24) is 15.6 Å². The highest BCUT2D eigenvalue weighted by Gasteiger charge is 2.21. The van der Waals surface area contributed by atoms with Crippen LogP contribution >= 0.6 is 24.0 Å². The van der Waals surface area contributed by atoms with Crippen LogP contribution in [0.15, 0.2) is 53.7 Å². The number of benzene rings is 1.